The summed E-state index contributed by atoms with van der Waals surface area (Å²) in [5, 5.41) is 15.7. The topological polar surface area (TPSA) is 129 Å². The number of nitrogens with one attached hydrogen (secondary N) is 2. The van der Waals surface area contributed by atoms with Crippen molar-refractivity contribution in [2.75, 3.05) is 45.9 Å². The Morgan fingerprint density at radius 1 is 1.05 bits per heavy atom. The van der Waals surface area contributed by atoms with Crippen molar-refractivity contribution in [1.82, 2.24) is 19.8 Å². The van der Waals surface area contributed by atoms with Crippen molar-refractivity contribution < 1.29 is 9.84 Å². The normalized spacial score (nSPS) is 19.7. The molecule has 1 aromatic heterocycles. The zero-order valence-corrected chi connectivity index (χ0v) is 20.7. The van der Waals surface area contributed by atoms with Gasteiger partial charge < -0.3 is 20.1 Å². The van der Waals surface area contributed by atoms with Gasteiger partial charge in [0.1, 0.15) is 0 Å². The van der Waals surface area contributed by atoms with Gasteiger partial charge in [-0.25, -0.2) is 0 Å². The first-order valence-electron chi connectivity index (χ1n) is 13.1. The fraction of sp³-hybridized carbons (Fsp3) is 0.481. The molecule has 0 saturated carbocycles. The fourth-order valence-electron chi connectivity index (χ4n) is 5.87. The summed E-state index contributed by atoms with van der Waals surface area (Å²) in [5.74, 6) is -0.285. The lowest BCUT2D eigenvalue weighted by atomic mass is 9.91. The summed E-state index contributed by atoms with van der Waals surface area (Å²) in [6.07, 6.45) is 3.79. The second-order valence-electron chi connectivity index (χ2n) is 10.1. The van der Waals surface area contributed by atoms with Crippen molar-refractivity contribution in [3.8, 4) is 17.0 Å². The lowest BCUT2D eigenvalue weighted by molar-refractivity contribution is 0.0217. The van der Waals surface area contributed by atoms with Crippen LogP contribution in [0.5, 0.6) is 5.88 Å². The van der Waals surface area contributed by atoms with Crippen molar-refractivity contribution >= 4 is 21.5 Å². The Kier molecular flexibility index (Phi) is 6.39. The largest absolute Gasteiger partial charge is 0.494 e. The molecule has 2 saturated heterocycles. The van der Waals surface area contributed by atoms with E-state index < -0.39 is 11.1 Å². The van der Waals surface area contributed by atoms with Gasteiger partial charge in [-0.1, -0.05) is 0 Å². The van der Waals surface area contributed by atoms with Crippen molar-refractivity contribution in [2.45, 2.75) is 38.3 Å². The number of H-pyrrole nitrogens is 1. The highest BCUT2D eigenvalue weighted by Crippen LogP contribution is 2.35. The number of aromatic nitrogens is 2. The minimum atomic E-state index is -0.489. The van der Waals surface area contributed by atoms with Crippen molar-refractivity contribution in [3.63, 3.8) is 0 Å². The first-order valence-corrected chi connectivity index (χ1v) is 13.1. The fourth-order valence-corrected chi connectivity index (χ4v) is 5.87. The van der Waals surface area contributed by atoms with E-state index in [1.165, 1.54) is 17.4 Å². The molecule has 6 rings (SSSR count). The maximum absolute atomic E-state index is 13.7. The predicted molar refractivity (Wildman–Crippen MR) is 141 cm³/mol. The number of hydrogen-bond donors (Lipinski definition) is 3. The van der Waals surface area contributed by atoms with Gasteiger partial charge in [-0.3, -0.25) is 28.9 Å². The third-order valence-electron chi connectivity index (χ3n) is 7.74. The van der Waals surface area contributed by atoms with Gasteiger partial charge in [0.25, 0.3) is 16.7 Å². The molecule has 1 atom stereocenters. The van der Waals surface area contributed by atoms with Crippen molar-refractivity contribution in [1.29, 1.82) is 0 Å². The molecule has 37 heavy (non-hydrogen) atoms. The Balaban J connectivity index is 1.48. The van der Waals surface area contributed by atoms with Crippen LogP contribution in [0.2, 0.25) is 0 Å². The van der Waals surface area contributed by atoms with E-state index in [-0.39, 0.29) is 24.1 Å². The molecule has 0 amide bonds. The summed E-state index contributed by atoms with van der Waals surface area (Å²) >= 11 is 0. The average molecular weight is 506 g/mol. The monoisotopic (exact) mass is 505 g/mol. The van der Waals surface area contributed by atoms with Gasteiger partial charge in [-0.2, -0.15) is 0 Å². The summed E-state index contributed by atoms with van der Waals surface area (Å²) in [7, 11) is 0. The SMILES string of the molecule is O=c1[nH]c(O)c2ccc3c4c2c1c(=NCCN1CCCC1)cc-4c(=O)n(CCCC1CNCCO1)c3=O. The minimum Gasteiger partial charge on any atom is -0.494 e. The van der Waals surface area contributed by atoms with E-state index in [0.717, 1.165) is 39.1 Å². The van der Waals surface area contributed by atoms with Crippen LogP contribution in [-0.2, 0) is 11.3 Å². The number of hydrogen-bond acceptors (Lipinski definition) is 8. The quantitative estimate of drug-likeness (QED) is 0.315. The molecule has 4 heterocycles. The number of likely N-dealkylation sites (tertiary alicyclic amines) is 1. The third kappa shape index (κ3) is 4.28. The Hall–Kier alpha value is -3.34. The molecule has 3 aliphatic heterocycles. The predicted octanol–water partition coefficient (Wildman–Crippen LogP) is 0.654. The van der Waals surface area contributed by atoms with Crippen LogP contribution in [0.15, 0.2) is 37.6 Å². The maximum atomic E-state index is 13.7. The van der Waals surface area contributed by atoms with Gasteiger partial charge in [0, 0.05) is 47.9 Å². The van der Waals surface area contributed by atoms with Crippen LogP contribution in [0, 0.1) is 0 Å². The molecule has 2 aromatic rings. The van der Waals surface area contributed by atoms with Crippen LogP contribution in [0.3, 0.4) is 0 Å². The zero-order valence-electron chi connectivity index (χ0n) is 20.7. The molecule has 10 heteroatoms. The van der Waals surface area contributed by atoms with Gasteiger partial charge >= 0.3 is 0 Å². The molecule has 1 unspecified atom stereocenters. The van der Waals surface area contributed by atoms with E-state index in [0.29, 0.717) is 57.6 Å². The van der Waals surface area contributed by atoms with Crippen molar-refractivity contribution in [3.05, 3.63) is 54.6 Å². The smallest absolute Gasteiger partial charge is 0.261 e. The second kappa shape index (κ2) is 9.85. The minimum absolute atomic E-state index is 0.0699. The van der Waals surface area contributed by atoms with E-state index in [9.17, 15) is 19.5 Å². The first-order chi connectivity index (χ1) is 18.0. The molecule has 10 nitrogen and oxygen atoms in total. The summed E-state index contributed by atoms with van der Waals surface area (Å²) in [6, 6.07) is 4.90. The molecule has 1 aromatic carbocycles. The number of rotatable bonds is 7. The third-order valence-corrected chi connectivity index (χ3v) is 7.74. The highest BCUT2D eigenvalue weighted by Gasteiger charge is 2.25. The molecule has 0 radical (unpaired) electrons. The number of ether oxygens (including phenoxy) is 1. The molecular weight excluding hydrogens is 474 g/mol. The van der Waals surface area contributed by atoms with E-state index in [2.05, 4.69) is 15.2 Å². The highest BCUT2D eigenvalue weighted by atomic mass is 16.5. The van der Waals surface area contributed by atoms with Crippen LogP contribution >= 0.6 is 0 Å². The zero-order chi connectivity index (χ0) is 25.5. The van der Waals surface area contributed by atoms with E-state index in [1.54, 1.807) is 18.2 Å². The van der Waals surface area contributed by atoms with Gasteiger partial charge in [0.2, 0.25) is 0 Å². The Bertz CT molecular complexity index is 1630. The van der Waals surface area contributed by atoms with Crippen LogP contribution in [0.1, 0.15) is 25.7 Å². The molecular formula is C27H31N5O5. The molecule has 0 bridgehead atoms. The standard InChI is InChI=1S/C27H31N5O5/c33-24-17-5-6-18-21-19(27(36)32(26(18)35)11-3-4-16-15-28-8-13-37-16)14-20(23(22(17)21)25(34)30-24)29-7-12-31-9-1-2-10-31/h5-6,14,16,28H,1-4,7-13,15H2,(H2,30,33,34). The molecule has 1 aliphatic carbocycles. The highest BCUT2D eigenvalue weighted by molar-refractivity contribution is 6.15. The Morgan fingerprint density at radius 2 is 1.86 bits per heavy atom. The van der Waals surface area contributed by atoms with Gasteiger partial charge in [0.15, 0.2) is 5.88 Å². The Morgan fingerprint density at radius 3 is 2.65 bits per heavy atom. The Labute approximate surface area is 212 Å². The number of benzene rings is 2. The van der Waals surface area contributed by atoms with Crippen LogP contribution in [0.25, 0.3) is 32.7 Å². The van der Waals surface area contributed by atoms with Crippen molar-refractivity contribution in [2.24, 2.45) is 4.99 Å². The molecule has 3 N–H and O–H groups in total. The van der Waals surface area contributed by atoms with Gasteiger partial charge in [-0.15, -0.1) is 0 Å². The number of nitrogens with zero attached hydrogens (tertiary/aromatic N) is 3. The number of aromatic hydroxyl groups is 1. The summed E-state index contributed by atoms with van der Waals surface area (Å²) < 4.78 is 7.04. The molecule has 2 fully saturated rings. The summed E-state index contributed by atoms with van der Waals surface area (Å²) in [5.41, 5.74) is -0.518. The summed E-state index contributed by atoms with van der Waals surface area (Å²) in [6.45, 7) is 5.88. The van der Waals surface area contributed by atoms with E-state index in [1.807, 2.05) is 0 Å². The van der Waals surface area contributed by atoms with E-state index in [4.69, 9.17) is 9.73 Å². The second-order valence-corrected chi connectivity index (χ2v) is 10.1. The molecule has 0 spiro atoms. The number of aromatic amines is 1. The number of morpholine rings is 1. The first kappa shape index (κ1) is 24.0. The number of pyridine rings is 2. The van der Waals surface area contributed by atoms with Gasteiger partial charge in [0.05, 0.1) is 35.6 Å². The van der Waals surface area contributed by atoms with Gasteiger partial charge in [-0.05, 0) is 57.0 Å². The average Bonchev–Trinajstić information content (AvgIpc) is 3.42. The lowest BCUT2D eigenvalue weighted by Gasteiger charge is -2.23. The molecule has 194 valence electrons. The maximum Gasteiger partial charge on any atom is 0.261 e. The van der Waals surface area contributed by atoms with Crippen LogP contribution < -0.4 is 27.4 Å². The lowest BCUT2D eigenvalue weighted by Crippen LogP contribution is -2.39. The van der Waals surface area contributed by atoms with Crippen LogP contribution in [-0.4, -0.2) is 71.5 Å². The summed E-state index contributed by atoms with van der Waals surface area (Å²) in [4.78, 5) is 49.7. The molecule has 4 aliphatic rings. The van der Waals surface area contributed by atoms with E-state index >= 15 is 0 Å². The van der Waals surface area contributed by atoms with Crippen LogP contribution in [0.4, 0.5) is 0 Å².